The molecule has 1 N–H and O–H groups in total. The van der Waals surface area contributed by atoms with Gasteiger partial charge in [0.25, 0.3) is 0 Å². The van der Waals surface area contributed by atoms with Crippen LogP contribution in [0, 0.1) is 5.92 Å². The Balaban J connectivity index is 1.16. The number of benzene rings is 1. The highest BCUT2D eigenvalue weighted by atomic mass is 15.1. The zero-order chi connectivity index (χ0) is 16.2. The van der Waals surface area contributed by atoms with Crippen molar-refractivity contribution in [3.05, 3.63) is 66.0 Å². The molecule has 1 saturated carbocycles. The second kappa shape index (κ2) is 7.45. The van der Waals surface area contributed by atoms with E-state index in [2.05, 4.69) is 57.7 Å². The molecular weight excluding hydrogens is 294 g/mol. The van der Waals surface area contributed by atoms with E-state index in [1.54, 1.807) is 0 Å². The summed E-state index contributed by atoms with van der Waals surface area (Å²) in [5, 5.41) is 3.80. The summed E-state index contributed by atoms with van der Waals surface area (Å²) in [6, 6.07) is 15.9. The lowest BCUT2D eigenvalue weighted by molar-refractivity contribution is 0.268. The van der Waals surface area contributed by atoms with Crippen LogP contribution >= 0.6 is 0 Å². The summed E-state index contributed by atoms with van der Waals surface area (Å²) in [7, 11) is 0. The molecule has 2 aliphatic rings. The normalized spacial score (nSPS) is 27.1. The summed E-state index contributed by atoms with van der Waals surface area (Å²) in [6.07, 6.45) is 7.72. The van der Waals surface area contributed by atoms with Crippen molar-refractivity contribution in [2.24, 2.45) is 5.92 Å². The Bertz CT molecular complexity index is 622. The van der Waals surface area contributed by atoms with Crippen LogP contribution in [0.3, 0.4) is 0 Å². The van der Waals surface area contributed by atoms with Gasteiger partial charge in [-0.2, -0.15) is 0 Å². The molecule has 126 valence electrons. The molecule has 0 spiro atoms. The maximum atomic E-state index is 4.11. The van der Waals surface area contributed by atoms with E-state index in [0.29, 0.717) is 6.04 Å². The molecule has 0 amide bonds. The van der Waals surface area contributed by atoms with E-state index >= 15 is 0 Å². The Labute approximate surface area is 145 Å². The highest BCUT2D eigenvalue weighted by molar-refractivity contribution is 5.20. The number of hydrogen-bond donors (Lipinski definition) is 1. The molecule has 0 bridgehead atoms. The number of aromatic nitrogens is 1. The topological polar surface area (TPSA) is 28.2 Å². The van der Waals surface area contributed by atoms with Gasteiger partial charge in [-0.1, -0.05) is 30.3 Å². The second-order valence-corrected chi connectivity index (χ2v) is 7.43. The molecule has 1 unspecified atom stereocenters. The Hall–Kier alpha value is -1.71. The van der Waals surface area contributed by atoms with E-state index in [4.69, 9.17) is 0 Å². The van der Waals surface area contributed by atoms with Crippen LogP contribution in [0.4, 0.5) is 0 Å². The molecule has 1 aromatic carbocycles. The summed E-state index contributed by atoms with van der Waals surface area (Å²) in [6.45, 7) is 4.76. The van der Waals surface area contributed by atoms with Crippen LogP contribution < -0.4 is 5.32 Å². The lowest BCUT2D eigenvalue weighted by atomic mass is 9.76. The molecule has 2 fully saturated rings. The Morgan fingerprint density at radius 3 is 2.62 bits per heavy atom. The predicted octanol–water partition coefficient (Wildman–Crippen LogP) is 3.44. The fourth-order valence-electron chi connectivity index (χ4n) is 4.09. The lowest BCUT2D eigenvalue weighted by Crippen LogP contribution is -2.42. The monoisotopic (exact) mass is 321 g/mol. The average molecular weight is 321 g/mol. The van der Waals surface area contributed by atoms with Gasteiger partial charge in [0.1, 0.15) is 0 Å². The highest BCUT2D eigenvalue weighted by Gasteiger charge is 2.31. The summed E-state index contributed by atoms with van der Waals surface area (Å²) in [5.74, 6) is 1.55. The maximum absolute atomic E-state index is 4.11. The first-order valence-corrected chi connectivity index (χ1v) is 9.26. The van der Waals surface area contributed by atoms with Crippen LogP contribution in [-0.4, -0.2) is 35.6 Å². The van der Waals surface area contributed by atoms with Gasteiger partial charge in [0.15, 0.2) is 0 Å². The molecule has 2 aromatic rings. The minimum atomic E-state index is 0.714. The Morgan fingerprint density at radius 2 is 1.83 bits per heavy atom. The number of likely N-dealkylation sites (tertiary alicyclic amines) is 1. The van der Waals surface area contributed by atoms with Gasteiger partial charge < -0.3 is 5.32 Å². The number of pyridine rings is 1. The average Bonchev–Trinajstić information content (AvgIpc) is 3.03. The molecule has 2 heterocycles. The van der Waals surface area contributed by atoms with Crippen LogP contribution in [0.15, 0.2) is 54.9 Å². The first kappa shape index (κ1) is 15.8. The highest BCUT2D eigenvalue weighted by Crippen LogP contribution is 2.36. The van der Waals surface area contributed by atoms with Crippen molar-refractivity contribution in [3.63, 3.8) is 0 Å². The molecule has 1 aromatic heterocycles. The fraction of sp³-hybridized carbons (Fsp3) is 0.476. The minimum Gasteiger partial charge on any atom is -0.314 e. The summed E-state index contributed by atoms with van der Waals surface area (Å²) >= 11 is 0. The van der Waals surface area contributed by atoms with Gasteiger partial charge >= 0.3 is 0 Å². The zero-order valence-electron chi connectivity index (χ0n) is 14.3. The number of nitrogens with zero attached hydrogens (tertiary/aromatic N) is 2. The van der Waals surface area contributed by atoms with Gasteiger partial charge in [0, 0.05) is 31.5 Å². The van der Waals surface area contributed by atoms with Gasteiger partial charge in [-0.25, -0.2) is 0 Å². The molecule has 1 aliphatic heterocycles. The first-order valence-electron chi connectivity index (χ1n) is 9.26. The van der Waals surface area contributed by atoms with Crippen molar-refractivity contribution in [1.82, 2.24) is 15.2 Å². The Morgan fingerprint density at radius 1 is 1.04 bits per heavy atom. The van der Waals surface area contributed by atoms with Gasteiger partial charge in [-0.05, 0) is 67.4 Å². The molecule has 24 heavy (non-hydrogen) atoms. The largest absolute Gasteiger partial charge is 0.314 e. The summed E-state index contributed by atoms with van der Waals surface area (Å²) in [5.41, 5.74) is 2.89. The summed E-state index contributed by atoms with van der Waals surface area (Å²) in [4.78, 5) is 6.71. The van der Waals surface area contributed by atoms with E-state index < -0.39 is 0 Å². The number of rotatable bonds is 6. The van der Waals surface area contributed by atoms with Crippen molar-refractivity contribution in [3.8, 4) is 0 Å². The first-order chi connectivity index (χ1) is 11.9. The molecule has 3 heteroatoms. The van der Waals surface area contributed by atoms with E-state index in [9.17, 15) is 0 Å². The van der Waals surface area contributed by atoms with Gasteiger partial charge in [-0.15, -0.1) is 0 Å². The third-order valence-corrected chi connectivity index (χ3v) is 5.63. The predicted molar refractivity (Wildman–Crippen MR) is 97.8 cm³/mol. The van der Waals surface area contributed by atoms with E-state index in [1.165, 1.54) is 50.0 Å². The van der Waals surface area contributed by atoms with Crippen LogP contribution in [0.2, 0.25) is 0 Å². The van der Waals surface area contributed by atoms with Gasteiger partial charge in [0.2, 0.25) is 0 Å². The smallest absolute Gasteiger partial charge is 0.0270 e. The molecule has 1 atom stereocenters. The van der Waals surface area contributed by atoms with Crippen molar-refractivity contribution >= 4 is 0 Å². The van der Waals surface area contributed by atoms with Crippen LogP contribution in [-0.2, 0) is 6.54 Å². The third kappa shape index (κ3) is 3.85. The molecule has 1 aliphatic carbocycles. The van der Waals surface area contributed by atoms with Crippen molar-refractivity contribution in [2.75, 3.05) is 19.6 Å². The standard InChI is InChI=1S/C21H27N3/c1-2-4-17(5-3-1)15-24-11-8-18(16-24)14-23-21-12-20(13-21)19-6-9-22-10-7-19/h1-7,9-10,18,20-21,23H,8,11-16H2. The molecule has 1 saturated heterocycles. The number of nitrogens with one attached hydrogen (secondary N) is 1. The van der Waals surface area contributed by atoms with Gasteiger partial charge in [0.05, 0.1) is 0 Å². The molecular formula is C21H27N3. The zero-order valence-corrected chi connectivity index (χ0v) is 14.3. The minimum absolute atomic E-state index is 0.714. The van der Waals surface area contributed by atoms with Crippen LogP contribution in [0.5, 0.6) is 0 Å². The molecule has 3 nitrogen and oxygen atoms in total. The summed E-state index contributed by atoms with van der Waals surface area (Å²) < 4.78 is 0. The fourth-order valence-corrected chi connectivity index (χ4v) is 4.09. The lowest BCUT2D eigenvalue weighted by Gasteiger charge is -2.37. The van der Waals surface area contributed by atoms with Crippen molar-refractivity contribution < 1.29 is 0 Å². The maximum Gasteiger partial charge on any atom is 0.0270 e. The number of hydrogen-bond acceptors (Lipinski definition) is 3. The quantitative estimate of drug-likeness (QED) is 0.883. The van der Waals surface area contributed by atoms with Gasteiger partial charge in [-0.3, -0.25) is 9.88 Å². The third-order valence-electron chi connectivity index (χ3n) is 5.63. The SMILES string of the molecule is c1ccc(CN2CCC(CNC3CC(c4ccncc4)C3)C2)cc1. The van der Waals surface area contributed by atoms with Crippen molar-refractivity contribution in [1.29, 1.82) is 0 Å². The van der Waals surface area contributed by atoms with E-state index in [-0.39, 0.29) is 0 Å². The van der Waals surface area contributed by atoms with Crippen molar-refractivity contribution in [2.45, 2.75) is 37.8 Å². The van der Waals surface area contributed by atoms with E-state index in [0.717, 1.165) is 18.4 Å². The van der Waals surface area contributed by atoms with Crippen LogP contribution in [0.1, 0.15) is 36.3 Å². The van der Waals surface area contributed by atoms with Crippen LogP contribution in [0.25, 0.3) is 0 Å². The molecule has 0 radical (unpaired) electrons. The Kier molecular flexibility index (Phi) is 4.91. The molecule has 4 rings (SSSR count). The van der Waals surface area contributed by atoms with E-state index in [1.807, 2.05) is 12.4 Å². The second-order valence-electron chi connectivity index (χ2n) is 7.43.